The van der Waals surface area contributed by atoms with Crippen LogP contribution >= 0.6 is 0 Å². The Kier molecular flexibility index (Phi) is 8.16. The molecule has 0 aromatic carbocycles. The van der Waals surface area contributed by atoms with Gasteiger partial charge in [-0.2, -0.15) is 26.3 Å². The number of hydrogen-bond acceptors (Lipinski definition) is 4. The Morgan fingerprint density at radius 3 is 1.64 bits per heavy atom. The summed E-state index contributed by atoms with van der Waals surface area (Å²) in [7, 11) is 2.55. The predicted octanol–water partition coefficient (Wildman–Crippen LogP) is 2.21. The van der Waals surface area contributed by atoms with Crippen molar-refractivity contribution in [3.63, 3.8) is 0 Å². The maximum atomic E-state index is 13.1. The quantitative estimate of drug-likeness (QED) is 0.664. The van der Waals surface area contributed by atoms with Gasteiger partial charge >= 0.3 is 18.4 Å². The van der Waals surface area contributed by atoms with Crippen molar-refractivity contribution < 1.29 is 45.5 Å². The molecule has 0 heterocycles. The van der Waals surface area contributed by atoms with Crippen LogP contribution in [0.5, 0.6) is 0 Å². The molecule has 2 N–H and O–H groups in total. The normalized spacial score (nSPS) is 14.9. The van der Waals surface area contributed by atoms with E-state index < -0.39 is 53.9 Å². The van der Waals surface area contributed by atoms with E-state index in [1.807, 2.05) is 0 Å². The molecule has 0 spiro atoms. The average Bonchev–Trinajstić information content (AvgIpc) is 2.40. The number of halogens is 6. The molecule has 0 aliphatic rings. The first-order valence-electron chi connectivity index (χ1n) is 7.92. The van der Waals surface area contributed by atoms with Gasteiger partial charge in [0.1, 0.15) is 17.7 Å². The van der Waals surface area contributed by atoms with Gasteiger partial charge in [0.2, 0.25) is 11.8 Å². The standard InChI is InChI=1S/C15H23F6N3O4/c1-7(11(26)24(5)6)22-10(25)8(23-12(27)28-13(2,3)4)9(14(16,17)18)15(19,20)21/h7-9H,1-6H3,(H,22,25)(H,23,27)/t7-,8?/m0/s1. The molecule has 0 radical (unpaired) electrons. The van der Waals surface area contributed by atoms with Crippen LogP contribution in [0.4, 0.5) is 31.1 Å². The molecule has 28 heavy (non-hydrogen) atoms. The summed E-state index contributed by atoms with van der Waals surface area (Å²) in [5.74, 6) is -6.83. The third-order valence-corrected chi connectivity index (χ3v) is 3.16. The van der Waals surface area contributed by atoms with E-state index in [2.05, 4.69) is 4.74 Å². The Hall–Kier alpha value is -2.21. The van der Waals surface area contributed by atoms with E-state index in [-0.39, 0.29) is 0 Å². The highest BCUT2D eigenvalue weighted by atomic mass is 19.4. The number of ether oxygens (including phenoxy) is 1. The first-order chi connectivity index (χ1) is 12.3. The van der Waals surface area contributed by atoms with Crippen LogP contribution in [0.25, 0.3) is 0 Å². The Morgan fingerprint density at radius 1 is 0.893 bits per heavy atom. The number of nitrogens with zero attached hydrogens (tertiary/aromatic N) is 1. The van der Waals surface area contributed by atoms with E-state index in [0.29, 0.717) is 0 Å². The minimum atomic E-state index is -5.91. The van der Waals surface area contributed by atoms with Crippen LogP contribution in [0, 0.1) is 5.92 Å². The van der Waals surface area contributed by atoms with Gasteiger partial charge < -0.3 is 20.3 Å². The second-order valence-corrected chi connectivity index (χ2v) is 7.15. The van der Waals surface area contributed by atoms with Gasteiger partial charge in [-0.15, -0.1) is 0 Å². The summed E-state index contributed by atoms with van der Waals surface area (Å²) in [5.41, 5.74) is -1.24. The fourth-order valence-corrected chi connectivity index (χ4v) is 2.05. The van der Waals surface area contributed by atoms with Gasteiger partial charge in [-0.3, -0.25) is 9.59 Å². The highest BCUT2D eigenvalue weighted by Crippen LogP contribution is 2.41. The van der Waals surface area contributed by atoms with Gasteiger partial charge in [0.15, 0.2) is 5.92 Å². The number of carbonyl (C=O) groups is 3. The van der Waals surface area contributed by atoms with Crippen LogP contribution in [-0.4, -0.2) is 66.9 Å². The van der Waals surface area contributed by atoms with Crippen LogP contribution in [-0.2, 0) is 14.3 Å². The van der Waals surface area contributed by atoms with Crippen molar-refractivity contribution in [3.05, 3.63) is 0 Å². The number of carbonyl (C=O) groups excluding carboxylic acids is 3. The van der Waals surface area contributed by atoms with Gasteiger partial charge in [-0.1, -0.05) is 0 Å². The first-order valence-corrected chi connectivity index (χ1v) is 7.92. The monoisotopic (exact) mass is 423 g/mol. The smallest absolute Gasteiger partial charge is 0.408 e. The summed E-state index contributed by atoms with van der Waals surface area (Å²) in [6.45, 7) is 5.04. The topological polar surface area (TPSA) is 87.7 Å². The molecule has 0 saturated heterocycles. The van der Waals surface area contributed by atoms with Gasteiger partial charge in [-0.05, 0) is 27.7 Å². The zero-order valence-electron chi connectivity index (χ0n) is 16.1. The van der Waals surface area contributed by atoms with Crippen LogP contribution in [0.3, 0.4) is 0 Å². The number of hydrogen-bond donors (Lipinski definition) is 2. The van der Waals surface area contributed by atoms with E-state index in [9.17, 15) is 40.7 Å². The first kappa shape index (κ1) is 25.8. The SMILES string of the molecule is C[C@H](NC(=O)C(NC(=O)OC(C)(C)C)C(C(F)(F)F)C(F)(F)F)C(=O)N(C)C. The van der Waals surface area contributed by atoms with Gasteiger partial charge in [0.25, 0.3) is 0 Å². The van der Waals surface area contributed by atoms with Crippen LogP contribution < -0.4 is 10.6 Å². The minimum absolute atomic E-state index is 0.778. The molecule has 0 fully saturated rings. The fraction of sp³-hybridized carbons (Fsp3) is 0.800. The largest absolute Gasteiger partial charge is 0.444 e. The fourth-order valence-electron chi connectivity index (χ4n) is 2.05. The molecule has 0 rings (SSSR count). The molecule has 0 saturated carbocycles. The second-order valence-electron chi connectivity index (χ2n) is 7.15. The zero-order valence-corrected chi connectivity index (χ0v) is 16.1. The molecule has 164 valence electrons. The Labute approximate surface area is 157 Å². The van der Waals surface area contributed by atoms with Crippen molar-refractivity contribution in [2.24, 2.45) is 5.92 Å². The molecular formula is C15H23F6N3O4. The van der Waals surface area contributed by atoms with Crippen molar-refractivity contribution in [1.29, 1.82) is 0 Å². The molecule has 0 aliphatic carbocycles. The Morgan fingerprint density at radius 2 is 1.32 bits per heavy atom. The van der Waals surface area contributed by atoms with E-state index in [1.165, 1.54) is 40.2 Å². The molecule has 0 aromatic rings. The summed E-state index contributed by atoms with van der Waals surface area (Å²) in [6, 6.07) is -4.54. The summed E-state index contributed by atoms with van der Waals surface area (Å²) in [4.78, 5) is 36.6. The number of alkyl halides is 6. The molecule has 7 nitrogen and oxygen atoms in total. The summed E-state index contributed by atoms with van der Waals surface area (Å²) in [6.07, 6.45) is -13.5. The Bertz CT molecular complexity index is 570. The lowest BCUT2D eigenvalue weighted by Gasteiger charge is -2.32. The second kappa shape index (κ2) is 8.86. The number of rotatable bonds is 5. The number of alkyl carbamates (subject to hydrolysis) is 1. The van der Waals surface area contributed by atoms with E-state index in [4.69, 9.17) is 0 Å². The lowest BCUT2D eigenvalue weighted by atomic mass is 9.97. The molecule has 0 aliphatic heterocycles. The van der Waals surface area contributed by atoms with Crippen molar-refractivity contribution >= 4 is 17.9 Å². The predicted molar refractivity (Wildman–Crippen MR) is 85.1 cm³/mol. The van der Waals surface area contributed by atoms with Gasteiger partial charge in [0, 0.05) is 14.1 Å². The summed E-state index contributed by atoms with van der Waals surface area (Å²) < 4.78 is 83.1. The number of likely N-dealkylation sites (N-methyl/N-ethyl adjacent to an activating group) is 1. The summed E-state index contributed by atoms with van der Waals surface area (Å²) >= 11 is 0. The lowest BCUT2D eigenvalue weighted by Crippen LogP contribution is -2.61. The van der Waals surface area contributed by atoms with Crippen LogP contribution in [0.1, 0.15) is 27.7 Å². The van der Waals surface area contributed by atoms with Crippen molar-refractivity contribution in [2.45, 2.75) is 57.7 Å². The van der Waals surface area contributed by atoms with Crippen LogP contribution in [0.2, 0.25) is 0 Å². The lowest BCUT2D eigenvalue weighted by molar-refractivity contribution is -0.289. The molecule has 0 bridgehead atoms. The molecule has 13 heteroatoms. The van der Waals surface area contributed by atoms with Crippen LogP contribution in [0.15, 0.2) is 0 Å². The third kappa shape index (κ3) is 8.21. The summed E-state index contributed by atoms with van der Waals surface area (Å²) in [5, 5.41) is 3.08. The van der Waals surface area contributed by atoms with Crippen molar-refractivity contribution in [3.8, 4) is 0 Å². The molecule has 3 amide bonds. The number of nitrogens with one attached hydrogen (secondary N) is 2. The van der Waals surface area contributed by atoms with Gasteiger partial charge in [0.05, 0.1) is 0 Å². The molecule has 0 aromatic heterocycles. The zero-order chi connectivity index (χ0) is 22.7. The Balaban J connectivity index is 5.87. The molecular weight excluding hydrogens is 400 g/mol. The van der Waals surface area contributed by atoms with Crippen molar-refractivity contribution in [1.82, 2.24) is 15.5 Å². The maximum absolute atomic E-state index is 13.1. The average molecular weight is 423 g/mol. The van der Waals surface area contributed by atoms with E-state index in [1.54, 1.807) is 5.32 Å². The van der Waals surface area contributed by atoms with E-state index in [0.717, 1.165) is 11.8 Å². The van der Waals surface area contributed by atoms with Gasteiger partial charge in [-0.25, -0.2) is 4.79 Å². The molecule has 1 unspecified atom stereocenters. The number of amides is 3. The minimum Gasteiger partial charge on any atom is -0.444 e. The maximum Gasteiger partial charge on any atom is 0.408 e. The van der Waals surface area contributed by atoms with Crippen molar-refractivity contribution in [2.75, 3.05) is 14.1 Å². The highest BCUT2D eigenvalue weighted by Gasteiger charge is 2.62. The molecule has 2 atom stereocenters. The highest BCUT2D eigenvalue weighted by molar-refractivity contribution is 5.91. The van der Waals surface area contributed by atoms with E-state index >= 15 is 0 Å². The third-order valence-electron chi connectivity index (χ3n) is 3.16.